The Kier molecular flexibility index (Phi) is 5.82. The van der Waals surface area contributed by atoms with E-state index in [1.165, 1.54) is 0 Å². The van der Waals surface area contributed by atoms with Gasteiger partial charge in [0.15, 0.2) is 0 Å². The van der Waals surface area contributed by atoms with Gasteiger partial charge in [0.1, 0.15) is 6.61 Å². The average molecular weight is 341 g/mol. The van der Waals surface area contributed by atoms with Crippen LogP contribution in [0.1, 0.15) is 24.0 Å². The molecule has 1 amide bonds. The molecule has 0 aliphatic carbocycles. The first kappa shape index (κ1) is 17.2. The first-order valence-electron chi connectivity index (χ1n) is 8.58. The minimum absolute atomic E-state index is 0.245. The second kappa shape index (κ2) is 8.46. The Labute approximate surface area is 147 Å². The van der Waals surface area contributed by atoms with Gasteiger partial charge in [-0.15, -0.1) is 0 Å². The molecule has 0 spiro atoms. The fourth-order valence-electron chi connectivity index (χ4n) is 2.74. The summed E-state index contributed by atoms with van der Waals surface area (Å²) in [5, 5.41) is 0. The van der Waals surface area contributed by atoms with Crippen LogP contribution in [-0.4, -0.2) is 40.7 Å². The van der Waals surface area contributed by atoms with Crippen LogP contribution in [0.3, 0.4) is 0 Å². The maximum Gasteiger partial charge on any atom is 0.410 e. The SMILES string of the molecule is Cc1cnc(OCC2CCN(C(=O)OCc3ccccc3)CC2)nc1. The van der Waals surface area contributed by atoms with E-state index in [9.17, 15) is 4.79 Å². The van der Waals surface area contributed by atoms with Crippen molar-refractivity contribution in [3.8, 4) is 6.01 Å². The van der Waals surface area contributed by atoms with E-state index >= 15 is 0 Å². The van der Waals surface area contributed by atoms with E-state index in [0.717, 1.165) is 24.0 Å². The predicted octanol–water partition coefficient (Wildman–Crippen LogP) is 3.21. The number of carbonyl (C=O) groups excluding carboxylic acids is 1. The molecule has 0 radical (unpaired) electrons. The quantitative estimate of drug-likeness (QED) is 0.835. The van der Waals surface area contributed by atoms with Crippen molar-refractivity contribution in [1.29, 1.82) is 0 Å². The molecule has 3 rings (SSSR count). The molecule has 0 atom stereocenters. The molecule has 0 bridgehead atoms. The Morgan fingerprint density at radius 1 is 1.16 bits per heavy atom. The lowest BCUT2D eigenvalue weighted by atomic mass is 9.98. The van der Waals surface area contributed by atoms with Crippen LogP contribution < -0.4 is 4.74 Å². The van der Waals surface area contributed by atoms with Gasteiger partial charge < -0.3 is 14.4 Å². The maximum absolute atomic E-state index is 12.1. The Balaban J connectivity index is 1.37. The second-order valence-corrected chi connectivity index (χ2v) is 6.32. The monoisotopic (exact) mass is 341 g/mol. The standard InChI is InChI=1S/C19H23N3O3/c1-15-11-20-18(21-12-15)24-13-17-7-9-22(10-8-17)19(23)25-14-16-5-3-2-4-6-16/h2-6,11-12,17H,7-10,13-14H2,1H3. The van der Waals surface area contributed by atoms with Gasteiger partial charge in [0.25, 0.3) is 0 Å². The summed E-state index contributed by atoms with van der Waals surface area (Å²) in [7, 11) is 0. The zero-order chi connectivity index (χ0) is 17.5. The summed E-state index contributed by atoms with van der Waals surface area (Å²) in [5.74, 6) is 0.406. The van der Waals surface area contributed by atoms with E-state index in [2.05, 4.69) is 9.97 Å². The molecule has 6 nitrogen and oxygen atoms in total. The van der Waals surface area contributed by atoms with Gasteiger partial charge in [-0.2, -0.15) is 0 Å². The fourth-order valence-corrected chi connectivity index (χ4v) is 2.74. The average Bonchev–Trinajstić information content (AvgIpc) is 2.67. The summed E-state index contributed by atoms with van der Waals surface area (Å²) in [6.07, 6.45) is 5.03. The lowest BCUT2D eigenvalue weighted by molar-refractivity contribution is 0.0753. The van der Waals surface area contributed by atoms with Crippen molar-refractivity contribution in [3.05, 3.63) is 53.9 Å². The van der Waals surface area contributed by atoms with E-state index in [-0.39, 0.29) is 6.09 Å². The Morgan fingerprint density at radius 3 is 2.52 bits per heavy atom. The van der Waals surface area contributed by atoms with E-state index in [1.54, 1.807) is 17.3 Å². The highest BCUT2D eigenvalue weighted by atomic mass is 16.6. The van der Waals surface area contributed by atoms with Gasteiger partial charge in [0.2, 0.25) is 0 Å². The van der Waals surface area contributed by atoms with Crippen LogP contribution in [-0.2, 0) is 11.3 Å². The summed E-state index contributed by atoms with van der Waals surface area (Å²) in [4.78, 5) is 22.2. The summed E-state index contributed by atoms with van der Waals surface area (Å²) in [5.41, 5.74) is 2.01. The summed E-state index contributed by atoms with van der Waals surface area (Å²) >= 11 is 0. The molecule has 0 unspecified atom stereocenters. The van der Waals surface area contributed by atoms with Gasteiger partial charge in [0.05, 0.1) is 6.61 Å². The number of rotatable bonds is 5. The fraction of sp³-hybridized carbons (Fsp3) is 0.421. The highest BCUT2D eigenvalue weighted by Crippen LogP contribution is 2.19. The molecular weight excluding hydrogens is 318 g/mol. The molecule has 0 saturated carbocycles. The van der Waals surface area contributed by atoms with E-state index < -0.39 is 0 Å². The van der Waals surface area contributed by atoms with Crippen LogP contribution in [0, 0.1) is 12.8 Å². The highest BCUT2D eigenvalue weighted by molar-refractivity contribution is 5.67. The number of hydrogen-bond acceptors (Lipinski definition) is 5. The molecule has 1 saturated heterocycles. The van der Waals surface area contributed by atoms with Gasteiger partial charge in [0, 0.05) is 25.5 Å². The summed E-state index contributed by atoms with van der Waals surface area (Å²) < 4.78 is 11.0. The third kappa shape index (κ3) is 5.17. The topological polar surface area (TPSA) is 64.5 Å². The number of amides is 1. The Morgan fingerprint density at radius 2 is 1.84 bits per heavy atom. The minimum Gasteiger partial charge on any atom is -0.463 e. The third-order valence-electron chi connectivity index (χ3n) is 4.28. The van der Waals surface area contributed by atoms with Crippen molar-refractivity contribution in [1.82, 2.24) is 14.9 Å². The van der Waals surface area contributed by atoms with Crippen molar-refractivity contribution < 1.29 is 14.3 Å². The molecular formula is C19H23N3O3. The molecule has 6 heteroatoms. The number of piperidine rings is 1. The molecule has 2 aromatic rings. The molecule has 0 N–H and O–H groups in total. The summed E-state index contributed by atoms with van der Waals surface area (Å²) in [6, 6.07) is 10.1. The summed E-state index contributed by atoms with van der Waals surface area (Å²) in [6.45, 7) is 4.21. The van der Waals surface area contributed by atoms with Gasteiger partial charge in [-0.3, -0.25) is 0 Å². The van der Waals surface area contributed by atoms with Gasteiger partial charge >= 0.3 is 12.1 Å². The number of aryl methyl sites for hydroxylation is 1. The van der Waals surface area contributed by atoms with E-state index in [1.807, 2.05) is 37.3 Å². The molecule has 132 valence electrons. The molecule has 1 aliphatic rings. The Bertz CT molecular complexity index is 668. The molecule has 25 heavy (non-hydrogen) atoms. The van der Waals surface area contributed by atoms with Crippen LogP contribution in [0.15, 0.2) is 42.7 Å². The van der Waals surface area contributed by atoms with Crippen molar-refractivity contribution >= 4 is 6.09 Å². The van der Waals surface area contributed by atoms with Crippen molar-refractivity contribution in [2.45, 2.75) is 26.4 Å². The lowest BCUT2D eigenvalue weighted by Crippen LogP contribution is -2.40. The maximum atomic E-state index is 12.1. The minimum atomic E-state index is -0.245. The number of nitrogens with zero attached hydrogens (tertiary/aromatic N) is 3. The van der Waals surface area contributed by atoms with Crippen molar-refractivity contribution in [3.63, 3.8) is 0 Å². The molecule has 1 aliphatic heterocycles. The van der Waals surface area contributed by atoms with Gasteiger partial charge in [-0.05, 0) is 36.8 Å². The van der Waals surface area contributed by atoms with Crippen LogP contribution in [0.2, 0.25) is 0 Å². The lowest BCUT2D eigenvalue weighted by Gasteiger charge is -2.31. The van der Waals surface area contributed by atoms with E-state index in [4.69, 9.17) is 9.47 Å². The Hall–Kier alpha value is -2.63. The number of aromatic nitrogens is 2. The smallest absolute Gasteiger partial charge is 0.410 e. The van der Waals surface area contributed by atoms with Gasteiger partial charge in [-0.25, -0.2) is 14.8 Å². The largest absolute Gasteiger partial charge is 0.463 e. The normalized spacial score (nSPS) is 15.0. The molecule has 1 fully saturated rings. The molecule has 1 aromatic carbocycles. The number of hydrogen-bond donors (Lipinski definition) is 0. The van der Waals surface area contributed by atoms with Crippen LogP contribution >= 0.6 is 0 Å². The second-order valence-electron chi connectivity index (χ2n) is 6.32. The van der Waals surface area contributed by atoms with Gasteiger partial charge in [-0.1, -0.05) is 30.3 Å². The zero-order valence-electron chi connectivity index (χ0n) is 14.4. The van der Waals surface area contributed by atoms with Crippen molar-refractivity contribution in [2.75, 3.05) is 19.7 Å². The number of benzene rings is 1. The predicted molar refractivity (Wildman–Crippen MR) is 93.2 cm³/mol. The number of likely N-dealkylation sites (tertiary alicyclic amines) is 1. The zero-order valence-corrected chi connectivity index (χ0v) is 14.4. The van der Waals surface area contributed by atoms with Crippen LogP contribution in [0.5, 0.6) is 6.01 Å². The highest BCUT2D eigenvalue weighted by Gasteiger charge is 2.24. The number of carbonyl (C=O) groups is 1. The van der Waals surface area contributed by atoms with E-state index in [0.29, 0.717) is 38.2 Å². The van der Waals surface area contributed by atoms with Crippen LogP contribution in [0.25, 0.3) is 0 Å². The molecule has 2 heterocycles. The first-order valence-corrected chi connectivity index (χ1v) is 8.58. The van der Waals surface area contributed by atoms with Crippen LogP contribution in [0.4, 0.5) is 4.79 Å². The number of ether oxygens (including phenoxy) is 2. The first-order chi connectivity index (χ1) is 12.2. The molecule has 1 aromatic heterocycles. The van der Waals surface area contributed by atoms with Crippen molar-refractivity contribution in [2.24, 2.45) is 5.92 Å². The third-order valence-corrected chi connectivity index (χ3v) is 4.28.